The third-order valence-electron chi connectivity index (χ3n) is 4.98. The molecule has 1 aliphatic heterocycles. The van der Waals surface area contributed by atoms with Crippen molar-refractivity contribution in [2.24, 2.45) is 5.92 Å². The minimum Gasteiger partial charge on any atom is -0.412 e. The standard InChI is InChI=1S/C18H17F2N.BrH.H2O/c19-12-3-1-11(2-4-12)18-14-6-5-13(20)9-16(14)17-10-21-8-7-15(17)18;;/h1-6,9,15,17-18,21H,7-8,10H2;1H;1H2. The molecule has 124 valence electrons. The smallest absolute Gasteiger partial charge is 0.123 e. The predicted molar refractivity (Wildman–Crippen MR) is 92.3 cm³/mol. The van der Waals surface area contributed by atoms with Crippen molar-refractivity contribution in [2.45, 2.75) is 18.3 Å². The van der Waals surface area contributed by atoms with E-state index in [1.54, 1.807) is 12.1 Å². The summed E-state index contributed by atoms with van der Waals surface area (Å²) in [6.07, 6.45) is 1.07. The van der Waals surface area contributed by atoms with Crippen LogP contribution in [0.25, 0.3) is 0 Å². The lowest BCUT2D eigenvalue weighted by atomic mass is 9.79. The Morgan fingerprint density at radius 2 is 1.61 bits per heavy atom. The van der Waals surface area contributed by atoms with Crippen molar-refractivity contribution >= 4 is 17.0 Å². The van der Waals surface area contributed by atoms with Gasteiger partial charge in [-0.05, 0) is 59.8 Å². The largest absolute Gasteiger partial charge is 0.412 e. The topological polar surface area (TPSA) is 43.5 Å². The van der Waals surface area contributed by atoms with Crippen molar-refractivity contribution in [3.8, 4) is 0 Å². The molecule has 2 nitrogen and oxygen atoms in total. The van der Waals surface area contributed by atoms with Crippen LogP contribution in [0.15, 0.2) is 42.5 Å². The molecule has 2 aromatic carbocycles. The van der Waals surface area contributed by atoms with E-state index in [1.165, 1.54) is 17.7 Å². The highest BCUT2D eigenvalue weighted by atomic mass is 79.9. The van der Waals surface area contributed by atoms with Crippen molar-refractivity contribution < 1.29 is 14.3 Å². The zero-order chi connectivity index (χ0) is 14.4. The van der Waals surface area contributed by atoms with Gasteiger partial charge in [-0.2, -0.15) is 0 Å². The summed E-state index contributed by atoms with van der Waals surface area (Å²) in [6, 6.07) is 11.9. The number of rotatable bonds is 1. The highest BCUT2D eigenvalue weighted by Gasteiger charge is 2.42. The lowest BCUT2D eigenvalue weighted by molar-refractivity contribution is 0.324. The molecule has 1 heterocycles. The molecule has 1 saturated heterocycles. The van der Waals surface area contributed by atoms with Crippen molar-refractivity contribution in [2.75, 3.05) is 13.1 Å². The van der Waals surface area contributed by atoms with Gasteiger partial charge >= 0.3 is 0 Å². The second kappa shape index (κ2) is 7.07. The Kier molecular flexibility index (Phi) is 5.55. The van der Waals surface area contributed by atoms with Gasteiger partial charge in [-0.25, -0.2) is 8.78 Å². The molecule has 3 atom stereocenters. The highest BCUT2D eigenvalue weighted by Crippen LogP contribution is 2.51. The molecule has 0 spiro atoms. The molecule has 23 heavy (non-hydrogen) atoms. The molecule has 0 aromatic heterocycles. The van der Waals surface area contributed by atoms with Crippen LogP contribution in [0.1, 0.15) is 34.9 Å². The third kappa shape index (κ3) is 3.05. The summed E-state index contributed by atoms with van der Waals surface area (Å²) in [5, 5.41) is 3.42. The minimum atomic E-state index is -0.210. The Morgan fingerprint density at radius 1 is 0.913 bits per heavy atom. The van der Waals surface area contributed by atoms with Crippen LogP contribution >= 0.6 is 17.0 Å². The van der Waals surface area contributed by atoms with Crippen LogP contribution in [-0.2, 0) is 0 Å². The molecule has 2 aliphatic rings. The quantitative estimate of drug-likeness (QED) is 0.803. The fourth-order valence-electron chi connectivity index (χ4n) is 4.10. The maximum Gasteiger partial charge on any atom is 0.123 e. The number of nitrogens with one attached hydrogen (secondary N) is 1. The average Bonchev–Trinajstić information content (AvgIpc) is 2.82. The minimum absolute atomic E-state index is 0. The van der Waals surface area contributed by atoms with E-state index in [0.29, 0.717) is 11.8 Å². The summed E-state index contributed by atoms with van der Waals surface area (Å²) < 4.78 is 26.8. The maximum absolute atomic E-state index is 13.6. The highest BCUT2D eigenvalue weighted by molar-refractivity contribution is 8.93. The maximum atomic E-state index is 13.6. The Labute approximate surface area is 145 Å². The molecule has 0 amide bonds. The van der Waals surface area contributed by atoms with E-state index in [9.17, 15) is 8.78 Å². The molecule has 0 saturated carbocycles. The zero-order valence-electron chi connectivity index (χ0n) is 12.6. The number of fused-ring (bicyclic) bond motifs is 3. The number of hydrogen-bond donors (Lipinski definition) is 1. The molecule has 3 N–H and O–H groups in total. The van der Waals surface area contributed by atoms with Crippen LogP contribution in [0.3, 0.4) is 0 Å². The van der Waals surface area contributed by atoms with Crippen LogP contribution in [0.5, 0.6) is 0 Å². The molecular formula is C18H20BrF2NO. The van der Waals surface area contributed by atoms with Gasteiger partial charge in [0.05, 0.1) is 0 Å². The second-order valence-electron chi connectivity index (χ2n) is 6.07. The normalized spacial score (nSPS) is 24.9. The molecule has 1 fully saturated rings. The van der Waals surface area contributed by atoms with Crippen LogP contribution in [0.2, 0.25) is 0 Å². The average molecular weight is 384 g/mol. The van der Waals surface area contributed by atoms with Gasteiger partial charge in [0.2, 0.25) is 0 Å². The summed E-state index contributed by atoms with van der Waals surface area (Å²) >= 11 is 0. The summed E-state index contributed by atoms with van der Waals surface area (Å²) in [7, 11) is 0. The molecule has 5 heteroatoms. The van der Waals surface area contributed by atoms with Gasteiger partial charge in [0.1, 0.15) is 11.6 Å². The molecule has 4 rings (SSSR count). The zero-order valence-corrected chi connectivity index (χ0v) is 14.3. The second-order valence-corrected chi connectivity index (χ2v) is 6.07. The molecule has 2 aromatic rings. The van der Waals surface area contributed by atoms with Crippen molar-refractivity contribution in [3.63, 3.8) is 0 Å². The van der Waals surface area contributed by atoms with Crippen LogP contribution in [0.4, 0.5) is 8.78 Å². The molecular weight excluding hydrogens is 364 g/mol. The van der Waals surface area contributed by atoms with Gasteiger partial charge in [-0.3, -0.25) is 0 Å². The Bertz CT molecular complexity index is 677. The van der Waals surface area contributed by atoms with E-state index in [-0.39, 0.29) is 40.0 Å². The first-order chi connectivity index (χ1) is 10.2. The predicted octanol–water partition coefficient (Wildman–Crippen LogP) is 3.56. The summed E-state index contributed by atoms with van der Waals surface area (Å²) in [5.74, 6) is 0.720. The van der Waals surface area contributed by atoms with Gasteiger partial charge in [0.15, 0.2) is 0 Å². The van der Waals surface area contributed by atoms with Gasteiger partial charge < -0.3 is 10.8 Å². The SMILES string of the molecule is Br.Fc1ccc(C2c3ccc(F)cc3C3CNCCC32)cc1.O. The number of halogens is 3. The van der Waals surface area contributed by atoms with E-state index in [0.717, 1.165) is 30.6 Å². The Balaban J connectivity index is 0.000000960. The number of hydrogen-bond acceptors (Lipinski definition) is 1. The number of piperidine rings is 1. The van der Waals surface area contributed by atoms with Crippen molar-refractivity contribution in [1.82, 2.24) is 5.32 Å². The molecule has 3 unspecified atom stereocenters. The number of benzene rings is 2. The molecule has 0 radical (unpaired) electrons. The van der Waals surface area contributed by atoms with Gasteiger partial charge in [-0.15, -0.1) is 17.0 Å². The molecule has 1 aliphatic carbocycles. The van der Waals surface area contributed by atoms with Gasteiger partial charge in [0.25, 0.3) is 0 Å². The lowest BCUT2D eigenvalue weighted by Gasteiger charge is -2.30. The van der Waals surface area contributed by atoms with E-state index < -0.39 is 0 Å². The van der Waals surface area contributed by atoms with Crippen LogP contribution < -0.4 is 5.32 Å². The van der Waals surface area contributed by atoms with E-state index in [1.807, 2.05) is 18.2 Å². The third-order valence-corrected chi connectivity index (χ3v) is 4.98. The first-order valence-corrected chi connectivity index (χ1v) is 7.49. The Morgan fingerprint density at radius 3 is 2.35 bits per heavy atom. The van der Waals surface area contributed by atoms with Crippen molar-refractivity contribution in [1.29, 1.82) is 0 Å². The summed E-state index contributed by atoms with van der Waals surface area (Å²) in [4.78, 5) is 0. The van der Waals surface area contributed by atoms with Gasteiger partial charge in [0, 0.05) is 18.4 Å². The summed E-state index contributed by atoms with van der Waals surface area (Å²) in [5.41, 5.74) is 3.47. The van der Waals surface area contributed by atoms with E-state index >= 15 is 0 Å². The van der Waals surface area contributed by atoms with Gasteiger partial charge in [-0.1, -0.05) is 18.2 Å². The first kappa shape index (κ1) is 18.0. The first-order valence-electron chi connectivity index (χ1n) is 7.49. The van der Waals surface area contributed by atoms with E-state index in [4.69, 9.17) is 0 Å². The fourth-order valence-corrected chi connectivity index (χ4v) is 4.10. The van der Waals surface area contributed by atoms with Crippen LogP contribution in [0, 0.1) is 17.6 Å². The summed E-state index contributed by atoms with van der Waals surface area (Å²) in [6.45, 7) is 1.90. The fraction of sp³-hybridized carbons (Fsp3) is 0.333. The Hall–Kier alpha value is -1.30. The van der Waals surface area contributed by atoms with Crippen molar-refractivity contribution in [3.05, 3.63) is 70.8 Å². The van der Waals surface area contributed by atoms with E-state index in [2.05, 4.69) is 5.32 Å². The monoisotopic (exact) mass is 383 g/mol. The van der Waals surface area contributed by atoms with Crippen LogP contribution in [-0.4, -0.2) is 18.6 Å². The molecule has 0 bridgehead atoms. The lowest BCUT2D eigenvalue weighted by Crippen LogP contribution is -2.34.